The normalized spacial score (nSPS) is 14.8. The van der Waals surface area contributed by atoms with Crippen LogP contribution in [0.4, 0.5) is 5.82 Å². The number of aromatic nitrogens is 6. The molecule has 122 valence electrons. The second kappa shape index (κ2) is 6.07. The molecule has 0 bridgehead atoms. The summed E-state index contributed by atoms with van der Waals surface area (Å²) in [6, 6.07) is 3.42. The molecule has 1 fully saturated rings. The number of rotatable bonds is 3. The van der Waals surface area contributed by atoms with Gasteiger partial charge in [-0.1, -0.05) is 5.16 Å². The number of anilines is 1. The summed E-state index contributed by atoms with van der Waals surface area (Å²) >= 11 is 0. The average molecular weight is 326 g/mol. The molecule has 10 nitrogen and oxygen atoms in total. The molecule has 1 aliphatic heterocycles. The molecule has 0 aromatic carbocycles. The summed E-state index contributed by atoms with van der Waals surface area (Å²) in [4.78, 5) is 28.5. The minimum Gasteiger partial charge on any atom is -0.353 e. The largest absolute Gasteiger partial charge is 0.353 e. The Morgan fingerprint density at radius 1 is 1.08 bits per heavy atom. The molecule has 10 heteroatoms. The van der Waals surface area contributed by atoms with E-state index >= 15 is 0 Å². The standard InChI is InChI=1S/C14H14N8O2/c23-14(11-1-2-19-24-11)21-5-3-20(4-6-21)12-7-13(17-9-16-12)22-10-15-8-18-22/h1-2,7-10H,3-6H2. The smallest absolute Gasteiger partial charge is 0.292 e. The molecule has 0 unspecified atom stereocenters. The van der Waals surface area contributed by atoms with Crippen LogP contribution < -0.4 is 4.90 Å². The summed E-state index contributed by atoms with van der Waals surface area (Å²) in [5.74, 6) is 1.57. The Balaban J connectivity index is 1.44. The fraction of sp³-hybridized carbons (Fsp3) is 0.286. The van der Waals surface area contributed by atoms with Crippen LogP contribution in [0.5, 0.6) is 0 Å². The van der Waals surface area contributed by atoms with E-state index in [2.05, 4.69) is 30.1 Å². The van der Waals surface area contributed by atoms with E-state index in [0.717, 1.165) is 5.82 Å². The van der Waals surface area contributed by atoms with Crippen molar-refractivity contribution >= 4 is 11.7 Å². The number of carbonyl (C=O) groups excluding carboxylic acids is 1. The third-order valence-corrected chi connectivity index (χ3v) is 3.83. The fourth-order valence-electron chi connectivity index (χ4n) is 2.58. The van der Waals surface area contributed by atoms with Gasteiger partial charge in [0.25, 0.3) is 5.91 Å². The highest BCUT2D eigenvalue weighted by Crippen LogP contribution is 2.16. The molecule has 1 aliphatic rings. The van der Waals surface area contributed by atoms with E-state index in [-0.39, 0.29) is 11.7 Å². The minimum atomic E-state index is -0.141. The van der Waals surface area contributed by atoms with E-state index in [1.807, 2.05) is 6.07 Å². The number of carbonyl (C=O) groups is 1. The maximum Gasteiger partial charge on any atom is 0.292 e. The number of hydrogen-bond donors (Lipinski definition) is 0. The zero-order valence-electron chi connectivity index (χ0n) is 12.7. The molecule has 0 spiro atoms. The molecule has 0 aliphatic carbocycles. The Bertz CT molecular complexity index is 809. The Kier molecular flexibility index (Phi) is 3.61. The van der Waals surface area contributed by atoms with Gasteiger partial charge in [0.05, 0.1) is 6.20 Å². The van der Waals surface area contributed by atoms with Crippen molar-refractivity contribution in [3.05, 3.63) is 43.1 Å². The lowest BCUT2D eigenvalue weighted by Gasteiger charge is -2.34. The third kappa shape index (κ3) is 2.69. The average Bonchev–Trinajstić information content (AvgIpc) is 3.35. The molecule has 0 saturated carbocycles. The molecule has 0 N–H and O–H groups in total. The van der Waals surface area contributed by atoms with E-state index in [1.165, 1.54) is 18.9 Å². The van der Waals surface area contributed by atoms with Gasteiger partial charge >= 0.3 is 0 Å². The van der Waals surface area contributed by atoms with Crippen LogP contribution in [0.2, 0.25) is 0 Å². The summed E-state index contributed by atoms with van der Waals surface area (Å²) in [6.07, 6.45) is 6.00. The van der Waals surface area contributed by atoms with Crippen LogP contribution in [0.3, 0.4) is 0 Å². The lowest BCUT2D eigenvalue weighted by Crippen LogP contribution is -2.49. The topological polar surface area (TPSA) is 106 Å². The third-order valence-electron chi connectivity index (χ3n) is 3.83. The zero-order valence-corrected chi connectivity index (χ0v) is 12.7. The van der Waals surface area contributed by atoms with Gasteiger partial charge in [0, 0.05) is 38.3 Å². The molecule has 3 aromatic rings. The van der Waals surface area contributed by atoms with Crippen LogP contribution in [0.15, 0.2) is 41.8 Å². The summed E-state index contributed by atoms with van der Waals surface area (Å²) in [5.41, 5.74) is 0. The van der Waals surface area contributed by atoms with Crippen LogP contribution in [0, 0.1) is 0 Å². The molecule has 4 rings (SSSR count). The maximum atomic E-state index is 12.2. The first-order valence-electron chi connectivity index (χ1n) is 7.43. The lowest BCUT2D eigenvalue weighted by atomic mass is 10.3. The van der Waals surface area contributed by atoms with Gasteiger partial charge in [0.15, 0.2) is 5.82 Å². The molecule has 1 amide bonds. The maximum absolute atomic E-state index is 12.2. The van der Waals surface area contributed by atoms with Crippen LogP contribution >= 0.6 is 0 Å². The molecule has 4 heterocycles. The predicted octanol–water partition coefficient (Wildman–Crippen LogP) is 0.00770. The Morgan fingerprint density at radius 3 is 2.62 bits per heavy atom. The van der Waals surface area contributed by atoms with Crippen molar-refractivity contribution in [3.8, 4) is 5.82 Å². The molecule has 0 radical (unpaired) electrons. The first-order valence-corrected chi connectivity index (χ1v) is 7.43. The van der Waals surface area contributed by atoms with E-state index in [4.69, 9.17) is 4.52 Å². The van der Waals surface area contributed by atoms with Crippen molar-refractivity contribution in [2.75, 3.05) is 31.1 Å². The molecule has 24 heavy (non-hydrogen) atoms. The second-order valence-electron chi connectivity index (χ2n) is 5.23. The van der Waals surface area contributed by atoms with Crippen molar-refractivity contribution in [1.82, 2.24) is 34.8 Å². The lowest BCUT2D eigenvalue weighted by molar-refractivity contribution is 0.0704. The molecule has 0 atom stereocenters. The predicted molar refractivity (Wildman–Crippen MR) is 81.6 cm³/mol. The van der Waals surface area contributed by atoms with Crippen LogP contribution in [0.1, 0.15) is 10.6 Å². The van der Waals surface area contributed by atoms with Crippen LogP contribution in [0.25, 0.3) is 5.82 Å². The Morgan fingerprint density at radius 2 is 1.92 bits per heavy atom. The summed E-state index contributed by atoms with van der Waals surface area (Å²) < 4.78 is 6.50. The first-order chi connectivity index (χ1) is 11.8. The van der Waals surface area contributed by atoms with Gasteiger partial charge in [0.1, 0.15) is 24.8 Å². The van der Waals surface area contributed by atoms with Gasteiger partial charge in [-0.3, -0.25) is 4.79 Å². The quantitative estimate of drug-likeness (QED) is 0.662. The van der Waals surface area contributed by atoms with Crippen molar-refractivity contribution in [1.29, 1.82) is 0 Å². The second-order valence-corrected chi connectivity index (χ2v) is 5.23. The SMILES string of the molecule is O=C(c1ccno1)N1CCN(c2cc(-n3cncn3)ncn2)CC1. The molecule has 3 aromatic heterocycles. The number of piperazine rings is 1. The van der Waals surface area contributed by atoms with Crippen molar-refractivity contribution in [2.24, 2.45) is 0 Å². The minimum absolute atomic E-state index is 0.141. The van der Waals surface area contributed by atoms with E-state index < -0.39 is 0 Å². The fourth-order valence-corrected chi connectivity index (χ4v) is 2.58. The molecule has 1 saturated heterocycles. The first kappa shape index (κ1) is 14.3. The summed E-state index contributed by atoms with van der Waals surface area (Å²) in [6.45, 7) is 2.52. The number of hydrogen-bond acceptors (Lipinski definition) is 8. The summed E-state index contributed by atoms with van der Waals surface area (Å²) in [7, 11) is 0. The van der Waals surface area contributed by atoms with Gasteiger partial charge in [-0.05, 0) is 0 Å². The van der Waals surface area contributed by atoms with Gasteiger partial charge in [-0.15, -0.1) is 0 Å². The van der Waals surface area contributed by atoms with E-state index in [0.29, 0.717) is 32.0 Å². The Labute approximate surface area is 136 Å². The van der Waals surface area contributed by atoms with Crippen LogP contribution in [-0.4, -0.2) is 66.9 Å². The van der Waals surface area contributed by atoms with Crippen LogP contribution in [-0.2, 0) is 0 Å². The van der Waals surface area contributed by atoms with Gasteiger partial charge < -0.3 is 14.3 Å². The highest BCUT2D eigenvalue weighted by atomic mass is 16.5. The summed E-state index contributed by atoms with van der Waals surface area (Å²) in [5, 5.41) is 7.64. The van der Waals surface area contributed by atoms with Crippen molar-refractivity contribution in [2.45, 2.75) is 0 Å². The highest BCUT2D eigenvalue weighted by molar-refractivity contribution is 5.91. The monoisotopic (exact) mass is 326 g/mol. The van der Waals surface area contributed by atoms with Gasteiger partial charge in [-0.2, -0.15) is 5.10 Å². The van der Waals surface area contributed by atoms with Gasteiger partial charge in [-0.25, -0.2) is 19.6 Å². The van der Waals surface area contributed by atoms with Crippen molar-refractivity contribution in [3.63, 3.8) is 0 Å². The van der Waals surface area contributed by atoms with E-state index in [9.17, 15) is 4.79 Å². The van der Waals surface area contributed by atoms with Gasteiger partial charge in [0.2, 0.25) is 5.76 Å². The number of nitrogens with zero attached hydrogens (tertiary/aromatic N) is 8. The molecular formula is C14H14N8O2. The van der Waals surface area contributed by atoms with Crippen molar-refractivity contribution < 1.29 is 9.32 Å². The highest BCUT2D eigenvalue weighted by Gasteiger charge is 2.25. The molecular weight excluding hydrogens is 312 g/mol. The zero-order chi connectivity index (χ0) is 16.4. The van der Waals surface area contributed by atoms with E-state index in [1.54, 1.807) is 22.0 Å². The number of amides is 1. The Hall–Kier alpha value is -3.30.